The summed E-state index contributed by atoms with van der Waals surface area (Å²) in [6.45, 7) is -0.597. The van der Waals surface area contributed by atoms with E-state index in [9.17, 15) is 4.57 Å². The van der Waals surface area contributed by atoms with Gasteiger partial charge in [0.15, 0.2) is 11.5 Å². The fourth-order valence-corrected chi connectivity index (χ4v) is 2.09. The first kappa shape index (κ1) is 13.8. The summed E-state index contributed by atoms with van der Waals surface area (Å²) < 4.78 is 16.6. The predicted octanol–water partition coefficient (Wildman–Crippen LogP) is -1.12. The van der Waals surface area contributed by atoms with Crippen LogP contribution in [0.1, 0.15) is 0 Å². The number of nitrogens with zero attached hydrogens (tertiary/aromatic N) is 4. The summed E-state index contributed by atoms with van der Waals surface area (Å²) in [5.41, 5.74) is 6.36. The Balaban J connectivity index is 2.25. The molecule has 0 saturated carbocycles. The Bertz CT molecular complexity index is 625. The second-order valence-electron chi connectivity index (χ2n) is 3.73. The van der Waals surface area contributed by atoms with Crippen LogP contribution in [-0.4, -0.2) is 47.1 Å². The highest BCUT2D eigenvalue weighted by molar-refractivity contribution is 7.46. The minimum absolute atomic E-state index is 0.0332. The maximum Gasteiger partial charge on any atom is 0.469 e. The van der Waals surface area contributed by atoms with Crippen LogP contribution in [0, 0.1) is 0 Å². The molecule has 0 aliphatic heterocycles. The number of aliphatic hydroxyl groups excluding tert-OH is 1. The van der Waals surface area contributed by atoms with Gasteiger partial charge in [0.2, 0.25) is 0 Å². The molecule has 0 aliphatic rings. The number of phosphoric acid groups is 1. The Labute approximate surface area is 107 Å². The van der Waals surface area contributed by atoms with Crippen molar-refractivity contribution in [3.63, 3.8) is 0 Å². The standard InChI is InChI=1S/C8H12N5O5P/c9-7-6-8(11-3-10-7)13(4-12-6)1-5(2-14)18-19(15,16)17/h3-5,14H,1-2H2,(H2,9,10,11)(H2,15,16,17)/t5-/m1/s1. The monoisotopic (exact) mass is 289 g/mol. The van der Waals surface area contributed by atoms with Crippen molar-refractivity contribution >= 4 is 24.8 Å². The Morgan fingerprint density at radius 2 is 2.16 bits per heavy atom. The molecular formula is C8H12N5O5P. The average Bonchev–Trinajstić information content (AvgIpc) is 2.71. The summed E-state index contributed by atoms with van der Waals surface area (Å²) >= 11 is 0. The van der Waals surface area contributed by atoms with Gasteiger partial charge in [0.05, 0.1) is 19.5 Å². The van der Waals surface area contributed by atoms with Gasteiger partial charge in [0.1, 0.15) is 17.9 Å². The molecule has 10 nitrogen and oxygen atoms in total. The summed E-state index contributed by atoms with van der Waals surface area (Å²) in [5.74, 6) is 0.195. The number of aliphatic hydroxyl groups is 1. The molecule has 0 aliphatic carbocycles. The van der Waals surface area contributed by atoms with E-state index in [1.165, 1.54) is 17.2 Å². The molecule has 0 unspecified atom stereocenters. The molecule has 0 saturated heterocycles. The van der Waals surface area contributed by atoms with Crippen molar-refractivity contribution in [3.05, 3.63) is 12.7 Å². The SMILES string of the molecule is Nc1ncnc2c1ncn2C[C@H](CO)OP(=O)(O)O. The van der Waals surface area contributed by atoms with Crippen molar-refractivity contribution in [1.82, 2.24) is 19.5 Å². The van der Waals surface area contributed by atoms with E-state index >= 15 is 0 Å². The lowest BCUT2D eigenvalue weighted by atomic mass is 10.4. The molecule has 0 amide bonds. The van der Waals surface area contributed by atoms with E-state index in [2.05, 4.69) is 19.5 Å². The minimum atomic E-state index is -4.68. The molecule has 2 aromatic rings. The third-order valence-electron chi connectivity index (χ3n) is 2.32. The fourth-order valence-electron chi connectivity index (χ4n) is 1.57. The number of nitrogens with two attached hydrogens (primary N) is 1. The van der Waals surface area contributed by atoms with Crippen molar-refractivity contribution in [1.29, 1.82) is 0 Å². The number of phosphoric ester groups is 1. The molecule has 19 heavy (non-hydrogen) atoms. The lowest BCUT2D eigenvalue weighted by molar-refractivity contribution is 0.0696. The van der Waals surface area contributed by atoms with E-state index < -0.39 is 20.5 Å². The van der Waals surface area contributed by atoms with E-state index in [4.69, 9.17) is 20.6 Å². The van der Waals surface area contributed by atoms with Crippen LogP contribution in [0.4, 0.5) is 5.82 Å². The van der Waals surface area contributed by atoms with Crippen LogP contribution in [0.3, 0.4) is 0 Å². The molecule has 0 aromatic carbocycles. The van der Waals surface area contributed by atoms with Crippen LogP contribution >= 0.6 is 7.82 Å². The number of fused-ring (bicyclic) bond motifs is 1. The second kappa shape index (κ2) is 5.19. The third-order valence-corrected chi connectivity index (χ3v) is 2.89. The molecule has 0 bridgehead atoms. The highest BCUT2D eigenvalue weighted by Crippen LogP contribution is 2.37. The van der Waals surface area contributed by atoms with Gasteiger partial charge in [-0.05, 0) is 0 Å². The zero-order valence-corrected chi connectivity index (χ0v) is 10.5. The minimum Gasteiger partial charge on any atom is -0.394 e. The molecule has 0 spiro atoms. The quantitative estimate of drug-likeness (QED) is 0.500. The number of imidazole rings is 1. The first-order valence-corrected chi connectivity index (χ1v) is 6.70. The molecule has 0 fully saturated rings. The van der Waals surface area contributed by atoms with Gasteiger partial charge in [0.25, 0.3) is 0 Å². The highest BCUT2D eigenvalue weighted by atomic mass is 31.2. The molecule has 2 heterocycles. The van der Waals surface area contributed by atoms with Crippen LogP contribution in [0.2, 0.25) is 0 Å². The zero-order chi connectivity index (χ0) is 14.0. The van der Waals surface area contributed by atoms with Crippen LogP contribution in [0.25, 0.3) is 11.2 Å². The van der Waals surface area contributed by atoms with Gasteiger partial charge in [-0.15, -0.1) is 0 Å². The fraction of sp³-hybridized carbons (Fsp3) is 0.375. The molecule has 0 radical (unpaired) electrons. The van der Waals surface area contributed by atoms with Gasteiger partial charge < -0.3 is 25.2 Å². The maximum atomic E-state index is 10.7. The Morgan fingerprint density at radius 3 is 2.79 bits per heavy atom. The topological polar surface area (TPSA) is 157 Å². The Hall–Kier alpha value is -1.58. The lowest BCUT2D eigenvalue weighted by Gasteiger charge is -2.16. The lowest BCUT2D eigenvalue weighted by Crippen LogP contribution is -2.23. The van der Waals surface area contributed by atoms with Gasteiger partial charge >= 0.3 is 7.82 Å². The first-order chi connectivity index (χ1) is 8.90. The highest BCUT2D eigenvalue weighted by Gasteiger charge is 2.23. The number of rotatable bonds is 5. The first-order valence-electron chi connectivity index (χ1n) is 5.17. The van der Waals surface area contributed by atoms with E-state index in [-0.39, 0.29) is 12.4 Å². The summed E-state index contributed by atoms with van der Waals surface area (Å²) in [6.07, 6.45) is 1.53. The van der Waals surface area contributed by atoms with Gasteiger partial charge in [-0.1, -0.05) is 0 Å². The van der Waals surface area contributed by atoms with Crippen molar-refractivity contribution in [2.75, 3.05) is 12.3 Å². The number of hydrogen-bond donors (Lipinski definition) is 4. The molecule has 5 N–H and O–H groups in total. The zero-order valence-electron chi connectivity index (χ0n) is 9.62. The van der Waals surface area contributed by atoms with E-state index in [0.29, 0.717) is 11.2 Å². The largest absolute Gasteiger partial charge is 0.469 e. The van der Waals surface area contributed by atoms with Crippen molar-refractivity contribution in [2.45, 2.75) is 12.6 Å². The smallest absolute Gasteiger partial charge is 0.394 e. The van der Waals surface area contributed by atoms with Gasteiger partial charge in [-0.25, -0.2) is 19.5 Å². The summed E-state index contributed by atoms with van der Waals surface area (Å²) in [4.78, 5) is 29.1. The predicted molar refractivity (Wildman–Crippen MR) is 63.7 cm³/mol. The number of hydrogen-bond acceptors (Lipinski definition) is 7. The van der Waals surface area contributed by atoms with Gasteiger partial charge in [-0.3, -0.25) is 4.52 Å². The van der Waals surface area contributed by atoms with Gasteiger partial charge in [0, 0.05) is 0 Å². The average molecular weight is 289 g/mol. The molecular weight excluding hydrogens is 277 g/mol. The normalized spacial score (nSPS) is 13.8. The molecule has 11 heteroatoms. The van der Waals surface area contributed by atoms with E-state index in [1.54, 1.807) is 0 Å². The molecule has 104 valence electrons. The van der Waals surface area contributed by atoms with Crippen molar-refractivity contribution < 1.29 is 24.0 Å². The van der Waals surface area contributed by atoms with E-state index in [0.717, 1.165) is 0 Å². The number of aromatic nitrogens is 4. The van der Waals surface area contributed by atoms with Crippen molar-refractivity contribution in [2.24, 2.45) is 0 Å². The van der Waals surface area contributed by atoms with Crippen LogP contribution in [0.15, 0.2) is 12.7 Å². The van der Waals surface area contributed by atoms with Crippen LogP contribution in [-0.2, 0) is 15.6 Å². The second-order valence-corrected chi connectivity index (χ2v) is 4.92. The summed E-state index contributed by atoms with van der Waals surface area (Å²) in [7, 11) is -4.68. The number of anilines is 1. The van der Waals surface area contributed by atoms with Gasteiger partial charge in [-0.2, -0.15) is 0 Å². The molecule has 2 aromatic heterocycles. The van der Waals surface area contributed by atoms with Crippen LogP contribution < -0.4 is 5.73 Å². The maximum absolute atomic E-state index is 10.7. The van der Waals surface area contributed by atoms with E-state index in [1.807, 2.05) is 0 Å². The molecule has 2 rings (SSSR count). The van der Waals surface area contributed by atoms with Crippen LogP contribution in [0.5, 0.6) is 0 Å². The number of nitrogen functional groups attached to an aromatic ring is 1. The third kappa shape index (κ3) is 3.25. The summed E-state index contributed by atoms with van der Waals surface area (Å²) in [6, 6.07) is 0. The molecule has 1 atom stereocenters. The Kier molecular flexibility index (Phi) is 3.78. The van der Waals surface area contributed by atoms with Crippen molar-refractivity contribution in [3.8, 4) is 0 Å². The Morgan fingerprint density at radius 1 is 1.42 bits per heavy atom. The summed E-state index contributed by atoms with van der Waals surface area (Å²) in [5, 5.41) is 9.06.